The number of hydrogen-bond acceptors (Lipinski definition) is 1. The molecule has 0 saturated carbocycles. The molecular weight excluding hydrogens is 263 g/mol. The van der Waals surface area contributed by atoms with Crippen molar-refractivity contribution in [1.29, 1.82) is 0 Å². The van der Waals surface area contributed by atoms with Gasteiger partial charge in [0, 0.05) is 12.1 Å². The standard InChI is InChI=1S/C16H16F3N/c1-10(12-3-6-14(17)7-4-12)20-11(2)13-5-8-15(18)16(19)9-13/h3-11,20H,1-2H3. The van der Waals surface area contributed by atoms with Gasteiger partial charge in [-0.15, -0.1) is 0 Å². The van der Waals surface area contributed by atoms with Crippen LogP contribution < -0.4 is 5.32 Å². The van der Waals surface area contributed by atoms with Gasteiger partial charge in [-0.05, 0) is 49.2 Å². The zero-order valence-corrected chi connectivity index (χ0v) is 11.3. The van der Waals surface area contributed by atoms with Gasteiger partial charge in [0.15, 0.2) is 11.6 Å². The van der Waals surface area contributed by atoms with Crippen LogP contribution >= 0.6 is 0 Å². The minimum atomic E-state index is -0.856. The Hall–Kier alpha value is -1.81. The maximum atomic E-state index is 13.2. The van der Waals surface area contributed by atoms with Gasteiger partial charge >= 0.3 is 0 Å². The van der Waals surface area contributed by atoms with Crippen LogP contribution in [0.1, 0.15) is 37.1 Å². The van der Waals surface area contributed by atoms with Crippen molar-refractivity contribution in [3.63, 3.8) is 0 Å². The Morgan fingerprint density at radius 1 is 0.750 bits per heavy atom. The van der Waals surface area contributed by atoms with Crippen LogP contribution in [0.3, 0.4) is 0 Å². The monoisotopic (exact) mass is 279 g/mol. The van der Waals surface area contributed by atoms with E-state index in [4.69, 9.17) is 0 Å². The van der Waals surface area contributed by atoms with Crippen LogP contribution in [0.15, 0.2) is 42.5 Å². The molecule has 20 heavy (non-hydrogen) atoms. The van der Waals surface area contributed by atoms with E-state index in [-0.39, 0.29) is 17.9 Å². The van der Waals surface area contributed by atoms with Crippen molar-refractivity contribution in [2.24, 2.45) is 0 Å². The van der Waals surface area contributed by atoms with E-state index in [0.29, 0.717) is 5.56 Å². The molecule has 0 aliphatic carbocycles. The Bertz CT molecular complexity index is 581. The SMILES string of the molecule is CC(NC(C)c1ccc(F)c(F)c1)c1ccc(F)cc1. The summed E-state index contributed by atoms with van der Waals surface area (Å²) >= 11 is 0. The molecule has 0 heterocycles. The molecule has 0 fully saturated rings. The van der Waals surface area contributed by atoms with Crippen molar-refractivity contribution >= 4 is 0 Å². The maximum absolute atomic E-state index is 13.2. The van der Waals surface area contributed by atoms with Crippen LogP contribution in [-0.4, -0.2) is 0 Å². The quantitative estimate of drug-likeness (QED) is 0.868. The highest BCUT2D eigenvalue weighted by Crippen LogP contribution is 2.21. The van der Waals surface area contributed by atoms with Gasteiger partial charge in [0.05, 0.1) is 0 Å². The number of hydrogen-bond donors (Lipinski definition) is 1. The Kier molecular flexibility index (Phi) is 4.45. The third-order valence-electron chi connectivity index (χ3n) is 3.31. The van der Waals surface area contributed by atoms with Crippen molar-refractivity contribution in [3.05, 3.63) is 71.0 Å². The zero-order chi connectivity index (χ0) is 14.7. The Morgan fingerprint density at radius 3 is 1.90 bits per heavy atom. The van der Waals surface area contributed by atoms with Gasteiger partial charge in [-0.2, -0.15) is 0 Å². The molecule has 2 aromatic carbocycles. The molecule has 0 aliphatic heterocycles. The Balaban J connectivity index is 2.08. The molecule has 1 N–H and O–H groups in total. The van der Waals surface area contributed by atoms with Gasteiger partial charge < -0.3 is 5.32 Å². The number of rotatable bonds is 4. The molecule has 0 spiro atoms. The summed E-state index contributed by atoms with van der Waals surface area (Å²) < 4.78 is 39.0. The fourth-order valence-corrected chi connectivity index (χ4v) is 2.10. The van der Waals surface area contributed by atoms with E-state index in [2.05, 4.69) is 5.32 Å². The molecule has 0 amide bonds. The van der Waals surface area contributed by atoms with Crippen molar-refractivity contribution in [2.75, 3.05) is 0 Å². The fourth-order valence-electron chi connectivity index (χ4n) is 2.10. The van der Waals surface area contributed by atoms with Crippen molar-refractivity contribution in [3.8, 4) is 0 Å². The van der Waals surface area contributed by atoms with E-state index in [1.54, 1.807) is 18.2 Å². The van der Waals surface area contributed by atoms with Gasteiger partial charge in [-0.3, -0.25) is 0 Å². The van der Waals surface area contributed by atoms with Crippen molar-refractivity contribution < 1.29 is 13.2 Å². The van der Waals surface area contributed by atoms with Crippen LogP contribution in [0.25, 0.3) is 0 Å². The minimum Gasteiger partial charge on any atom is -0.304 e. The molecule has 0 bridgehead atoms. The fraction of sp³-hybridized carbons (Fsp3) is 0.250. The van der Waals surface area contributed by atoms with E-state index < -0.39 is 11.6 Å². The van der Waals surface area contributed by atoms with Crippen molar-refractivity contribution in [1.82, 2.24) is 5.32 Å². The average Bonchev–Trinajstić information content (AvgIpc) is 2.42. The normalized spacial score (nSPS) is 14.1. The lowest BCUT2D eigenvalue weighted by atomic mass is 10.0. The van der Waals surface area contributed by atoms with E-state index in [0.717, 1.165) is 11.6 Å². The molecule has 0 aromatic heterocycles. The molecule has 106 valence electrons. The first-order valence-electron chi connectivity index (χ1n) is 6.44. The van der Waals surface area contributed by atoms with Crippen molar-refractivity contribution in [2.45, 2.75) is 25.9 Å². The maximum Gasteiger partial charge on any atom is 0.159 e. The van der Waals surface area contributed by atoms with Gasteiger partial charge in [0.2, 0.25) is 0 Å². The molecule has 2 rings (SSSR count). The van der Waals surface area contributed by atoms with E-state index >= 15 is 0 Å². The predicted octanol–water partition coefficient (Wildman–Crippen LogP) is 4.52. The largest absolute Gasteiger partial charge is 0.304 e. The van der Waals surface area contributed by atoms with Gasteiger partial charge in [-0.25, -0.2) is 13.2 Å². The first kappa shape index (κ1) is 14.6. The van der Waals surface area contributed by atoms with Gasteiger partial charge in [0.25, 0.3) is 0 Å². The highest BCUT2D eigenvalue weighted by molar-refractivity contribution is 5.23. The summed E-state index contributed by atoms with van der Waals surface area (Å²) in [5, 5.41) is 3.27. The summed E-state index contributed by atoms with van der Waals surface area (Å²) in [6, 6.07) is 9.87. The van der Waals surface area contributed by atoms with Gasteiger partial charge in [-0.1, -0.05) is 18.2 Å². The highest BCUT2D eigenvalue weighted by atomic mass is 19.2. The molecule has 0 radical (unpaired) electrons. The highest BCUT2D eigenvalue weighted by Gasteiger charge is 2.13. The summed E-state index contributed by atoms with van der Waals surface area (Å²) in [4.78, 5) is 0. The average molecular weight is 279 g/mol. The third kappa shape index (κ3) is 3.39. The number of halogens is 3. The zero-order valence-electron chi connectivity index (χ0n) is 11.3. The lowest BCUT2D eigenvalue weighted by molar-refractivity contribution is 0.479. The Labute approximate surface area is 116 Å². The molecule has 2 atom stereocenters. The van der Waals surface area contributed by atoms with Crippen LogP contribution in [-0.2, 0) is 0 Å². The second kappa shape index (κ2) is 6.09. The topological polar surface area (TPSA) is 12.0 Å². The van der Waals surface area contributed by atoms with E-state index in [1.165, 1.54) is 18.2 Å². The second-order valence-corrected chi connectivity index (χ2v) is 4.84. The van der Waals surface area contributed by atoms with E-state index in [9.17, 15) is 13.2 Å². The predicted molar refractivity (Wildman–Crippen MR) is 72.7 cm³/mol. The van der Waals surface area contributed by atoms with Crippen LogP contribution in [0, 0.1) is 17.5 Å². The smallest absolute Gasteiger partial charge is 0.159 e. The lowest BCUT2D eigenvalue weighted by Crippen LogP contribution is -2.22. The molecular formula is C16H16F3N. The molecule has 0 aliphatic rings. The molecule has 2 aromatic rings. The summed E-state index contributed by atoms with van der Waals surface area (Å²) in [5.74, 6) is -1.99. The number of nitrogens with one attached hydrogen (secondary N) is 1. The van der Waals surface area contributed by atoms with Crippen LogP contribution in [0.5, 0.6) is 0 Å². The molecule has 4 heteroatoms. The molecule has 2 unspecified atom stereocenters. The minimum absolute atomic E-state index is 0.0290. The number of benzene rings is 2. The summed E-state index contributed by atoms with van der Waals surface area (Å²) in [6.45, 7) is 3.80. The molecule has 1 nitrogen and oxygen atoms in total. The third-order valence-corrected chi connectivity index (χ3v) is 3.31. The van der Waals surface area contributed by atoms with Crippen LogP contribution in [0.2, 0.25) is 0 Å². The Morgan fingerprint density at radius 2 is 1.30 bits per heavy atom. The van der Waals surface area contributed by atoms with Gasteiger partial charge in [0.1, 0.15) is 5.82 Å². The summed E-state index contributed by atoms with van der Waals surface area (Å²) in [6.07, 6.45) is 0. The first-order chi connectivity index (χ1) is 9.47. The summed E-state index contributed by atoms with van der Waals surface area (Å²) in [7, 11) is 0. The summed E-state index contributed by atoms with van der Waals surface area (Å²) in [5.41, 5.74) is 1.60. The second-order valence-electron chi connectivity index (χ2n) is 4.84. The molecule has 0 saturated heterocycles. The lowest BCUT2D eigenvalue weighted by Gasteiger charge is -2.21. The van der Waals surface area contributed by atoms with Crippen LogP contribution in [0.4, 0.5) is 13.2 Å². The van der Waals surface area contributed by atoms with E-state index in [1.807, 2.05) is 13.8 Å². The first-order valence-corrected chi connectivity index (χ1v) is 6.44.